The van der Waals surface area contributed by atoms with Crippen LogP contribution in [-0.2, 0) is 28.7 Å². The molecule has 0 saturated carbocycles. The fourth-order valence-electron chi connectivity index (χ4n) is 5.07. The molecule has 0 unspecified atom stereocenters. The molecule has 2 atom stereocenters. The number of unbranched alkanes of at least 4 members (excludes halogenated alkanes) is 4. The lowest BCUT2D eigenvalue weighted by Gasteiger charge is -2.32. The lowest BCUT2D eigenvalue weighted by molar-refractivity contribution is -0.152. The smallest absolute Gasteiger partial charge is 0.343 e. The molecule has 1 N–H and O–H groups in total. The zero-order valence-electron chi connectivity index (χ0n) is 19.9. The van der Waals surface area contributed by atoms with Crippen molar-refractivity contribution >= 4 is 23.3 Å². The number of Topliss-reactive ketones (excluding diaryl/α,β-unsaturated/α-hetero) is 2. The van der Waals surface area contributed by atoms with Gasteiger partial charge in [0.25, 0.3) is 0 Å². The van der Waals surface area contributed by atoms with Gasteiger partial charge in [-0.25, -0.2) is 4.79 Å². The molecule has 4 rings (SSSR count). The standard InChI is InChI=1S/C27H30O7/c1-4-5-6-7-8-9-19(29)24-25-18-14-33-21(23-15(2)10-17(28)13-20(23)30)11-16(18)12-22(31)27(25,3)34-26(24)32/h11-12,14,17,28H,4-10,13H2,1-3H3/t17-,27-/m0/s1. The highest BCUT2D eigenvalue weighted by Gasteiger charge is 2.54. The van der Waals surface area contributed by atoms with Crippen LogP contribution >= 0.6 is 0 Å². The molecule has 0 aromatic carbocycles. The zero-order valence-corrected chi connectivity index (χ0v) is 19.9. The summed E-state index contributed by atoms with van der Waals surface area (Å²) in [5, 5.41) is 9.86. The maximum absolute atomic E-state index is 13.0. The van der Waals surface area contributed by atoms with Crippen molar-refractivity contribution in [2.45, 2.75) is 83.8 Å². The number of ketones is 3. The molecule has 0 radical (unpaired) electrons. The first-order chi connectivity index (χ1) is 16.2. The van der Waals surface area contributed by atoms with Crippen molar-refractivity contribution < 1.29 is 33.8 Å². The summed E-state index contributed by atoms with van der Waals surface area (Å²) in [5.74, 6) is -1.51. The number of allylic oxidation sites excluding steroid dienone is 3. The Morgan fingerprint density at radius 3 is 2.56 bits per heavy atom. The van der Waals surface area contributed by atoms with Crippen LogP contribution in [0.5, 0.6) is 0 Å². The molecule has 0 bridgehead atoms. The average molecular weight is 467 g/mol. The van der Waals surface area contributed by atoms with Crippen LogP contribution in [0.2, 0.25) is 0 Å². The van der Waals surface area contributed by atoms with Gasteiger partial charge in [-0.2, -0.15) is 0 Å². The molecular formula is C27H30O7. The Bertz CT molecular complexity index is 1130. The number of carbonyl (C=O) groups excluding carboxylic acids is 4. The molecule has 2 aliphatic carbocycles. The molecular weight excluding hydrogens is 436 g/mol. The lowest BCUT2D eigenvalue weighted by atomic mass is 9.75. The summed E-state index contributed by atoms with van der Waals surface area (Å²) in [6, 6.07) is 0. The van der Waals surface area contributed by atoms with Crippen LogP contribution in [0.25, 0.3) is 0 Å². The van der Waals surface area contributed by atoms with E-state index in [0.717, 1.165) is 25.7 Å². The van der Waals surface area contributed by atoms with Gasteiger partial charge in [0.2, 0.25) is 5.78 Å². The van der Waals surface area contributed by atoms with Crippen LogP contribution < -0.4 is 0 Å². The number of rotatable bonds is 8. The van der Waals surface area contributed by atoms with Gasteiger partial charge in [-0.1, -0.05) is 38.2 Å². The summed E-state index contributed by atoms with van der Waals surface area (Å²) in [5.41, 5.74) is 0.571. The van der Waals surface area contributed by atoms with Gasteiger partial charge in [0.15, 0.2) is 17.2 Å². The molecule has 0 aromatic heterocycles. The van der Waals surface area contributed by atoms with Crippen molar-refractivity contribution in [2.24, 2.45) is 0 Å². The van der Waals surface area contributed by atoms with E-state index in [9.17, 15) is 24.3 Å². The Kier molecular flexibility index (Phi) is 6.58. The Hall–Kier alpha value is -3.06. The molecule has 4 aliphatic rings. The number of hydrogen-bond donors (Lipinski definition) is 1. The highest BCUT2D eigenvalue weighted by atomic mass is 16.6. The number of carbonyl (C=O) groups is 4. The Morgan fingerprint density at radius 2 is 1.85 bits per heavy atom. The largest absolute Gasteiger partial charge is 0.464 e. The minimum atomic E-state index is -1.58. The molecule has 0 fully saturated rings. The third kappa shape index (κ3) is 4.13. The second-order valence-electron chi connectivity index (χ2n) is 9.52. The topological polar surface area (TPSA) is 107 Å². The minimum Gasteiger partial charge on any atom is -0.464 e. The van der Waals surface area contributed by atoms with Crippen molar-refractivity contribution in [3.05, 3.63) is 57.6 Å². The summed E-state index contributed by atoms with van der Waals surface area (Å²) in [6.07, 6.45) is 8.97. The van der Waals surface area contributed by atoms with Crippen molar-refractivity contribution in [3.8, 4) is 0 Å². The van der Waals surface area contributed by atoms with E-state index in [1.165, 1.54) is 19.3 Å². The first-order valence-corrected chi connectivity index (χ1v) is 12.0. The number of aliphatic hydroxyl groups is 1. The van der Waals surface area contributed by atoms with Crippen molar-refractivity contribution in [2.75, 3.05) is 0 Å². The second kappa shape index (κ2) is 9.29. The quantitative estimate of drug-likeness (QED) is 0.329. The maximum Gasteiger partial charge on any atom is 0.343 e. The molecule has 2 heterocycles. The van der Waals surface area contributed by atoms with E-state index in [4.69, 9.17) is 9.47 Å². The van der Waals surface area contributed by atoms with Gasteiger partial charge >= 0.3 is 5.97 Å². The average Bonchev–Trinajstić information content (AvgIpc) is 3.04. The van der Waals surface area contributed by atoms with Gasteiger partial charge in [0, 0.05) is 24.0 Å². The Balaban J connectivity index is 1.68. The first kappa shape index (κ1) is 24.1. The van der Waals surface area contributed by atoms with E-state index in [0.29, 0.717) is 35.1 Å². The van der Waals surface area contributed by atoms with Gasteiger partial charge in [0.05, 0.1) is 17.9 Å². The molecule has 0 saturated heterocycles. The van der Waals surface area contributed by atoms with E-state index in [1.807, 2.05) is 0 Å². The van der Waals surface area contributed by atoms with Crippen LogP contribution in [0, 0.1) is 0 Å². The first-order valence-electron chi connectivity index (χ1n) is 12.0. The predicted octanol–water partition coefficient (Wildman–Crippen LogP) is 3.88. The molecule has 7 nitrogen and oxygen atoms in total. The van der Waals surface area contributed by atoms with Gasteiger partial charge in [-0.3, -0.25) is 14.4 Å². The summed E-state index contributed by atoms with van der Waals surface area (Å²) in [4.78, 5) is 51.4. The molecule has 2 aliphatic heterocycles. The second-order valence-corrected chi connectivity index (χ2v) is 9.52. The highest BCUT2D eigenvalue weighted by Crippen LogP contribution is 2.47. The Morgan fingerprint density at radius 1 is 1.12 bits per heavy atom. The monoisotopic (exact) mass is 466 g/mol. The number of hydrogen-bond acceptors (Lipinski definition) is 7. The van der Waals surface area contributed by atoms with E-state index >= 15 is 0 Å². The Labute approximate surface area is 198 Å². The van der Waals surface area contributed by atoms with E-state index in [1.54, 1.807) is 13.0 Å². The third-order valence-electron chi connectivity index (χ3n) is 6.86. The van der Waals surface area contributed by atoms with E-state index in [2.05, 4.69) is 6.92 Å². The summed E-state index contributed by atoms with van der Waals surface area (Å²) in [6.45, 7) is 5.37. The minimum absolute atomic E-state index is 0.00436. The van der Waals surface area contributed by atoms with Crippen LogP contribution in [-0.4, -0.2) is 40.1 Å². The molecule has 0 aromatic rings. The van der Waals surface area contributed by atoms with Gasteiger partial charge < -0.3 is 14.6 Å². The van der Waals surface area contributed by atoms with Crippen molar-refractivity contribution in [1.29, 1.82) is 0 Å². The SMILES string of the molecule is CCCCCCCC(=O)C1=C2C3=COC(C4=C(C)C[C@H](O)CC4=O)=CC3=CC(=O)[C@]2(C)OC1=O. The van der Waals surface area contributed by atoms with Gasteiger partial charge in [-0.15, -0.1) is 0 Å². The molecule has 7 heteroatoms. The summed E-state index contributed by atoms with van der Waals surface area (Å²) >= 11 is 0. The van der Waals surface area contributed by atoms with Crippen molar-refractivity contribution in [3.63, 3.8) is 0 Å². The van der Waals surface area contributed by atoms with E-state index < -0.39 is 23.5 Å². The maximum atomic E-state index is 13.0. The third-order valence-corrected chi connectivity index (χ3v) is 6.86. The number of aliphatic hydroxyl groups excluding tert-OH is 1. The molecule has 34 heavy (non-hydrogen) atoms. The van der Waals surface area contributed by atoms with Gasteiger partial charge in [-0.05, 0) is 44.4 Å². The van der Waals surface area contributed by atoms with Crippen LogP contribution in [0.15, 0.2) is 57.6 Å². The van der Waals surface area contributed by atoms with Crippen LogP contribution in [0.4, 0.5) is 0 Å². The lowest BCUT2D eigenvalue weighted by Crippen LogP contribution is -2.40. The molecule has 180 valence electrons. The molecule has 0 amide bonds. The highest BCUT2D eigenvalue weighted by molar-refractivity contribution is 6.24. The fraction of sp³-hybridized carbons (Fsp3) is 0.481. The fourth-order valence-corrected chi connectivity index (χ4v) is 5.07. The van der Waals surface area contributed by atoms with Crippen LogP contribution in [0.1, 0.15) is 72.1 Å². The summed E-state index contributed by atoms with van der Waals surface area (Å²) < 4.78 is 11.3. The van der Waals surface area contributed by atoms with Gasteiger partial charge in [0.1, 0.15) is 11.3 Å². The number of esters is 1. The zero-order chi connectivity index (χ0) is 24.6. The number of ether oxygens (including phenoxy) is 2. The normalized spacial score (nSPS) is 26.4. The van der Waals surface area contributed by atoms with Crippen molar-refractivity contribution in [1.82, 2.24) is 0 Å². The molecule has 0 spiro atoms. The number of fused-ring (bicyclic) bond motifs is 3. The predicted molar refractivity (Wildman–Crippen MR) is 123 cm³/mol. The van der Waals surface area contributed by atoms with E-state index in [-0.39, 0.29) is 41.3 Å². The summed E-state index contributed by atoms with van der Waals surface area (Å²) in [7, 11) is 0. The van der Waals surface area contributed by atoms with Crippen LogP contribution in [0.3, 0.4) is 0 Å².